The van der Waals surface area contributed by atoms with Crippen LogP contribution in [0.4, 0.5) is 0 Å². The zero-order chi connectivity index (χ0) is 15.1. The van der Waals surface area contributed by atoms with Crippen molar-refractivity contribution in [2.45, 2.75) is 50.4 Å². The fourth-order valence-corrected chi connectivity index (χ4v) is 4.29. The summed E-state index contributed by atoms with van der Waals surface area (Å²) in [4.78, 5) is 17.2. The Bertz CT molecular complexity index is 552. The van der Waals surface area contributed by atoms with Crippen LogP contribution >= 0.6 is 0 Å². The lowest BCUT2D eigenvalue weighted by Crippen LogP contribution is -2.44. The molecule has 22 heavy (non-hydrogen) atoms. The van der Waals surface area contributed by atoms with Gasteiger partial charge < -0.3 is 9.64 Å². The van der Waals surface area contributed by atoms with Gasteiger partial charge in [-0.2, -0.15) is 5.10 Å². The summed E-state index contributed by atoms with van der Waals surface area (Å²) < 4.78 is 7.44. The van der Waals surface area contributed by atoms with E-state index in [9.17, 15) is 4.79 Å². The van der Waals surface area contributed by atoms with E-state index in [1.54, 1.807) is 0 Å². The summed E-state index contributed by atoms with van der Waals surface area (Å²) in [7, 11) is 1.95. The molecule has 6 nitrogen and oxygen atoms in total. The van der Waals surface area contributed by atoms with Crippen LogP contribution in [0.5, 0.6) is 0 Å². The molecule has 1 aromatic rings. The molecule has 4 rings (SSSR count). The Morgan fingerprint density at radius 2 is 2.18 bits per heavy atom. The van der Waals surface area contributed by atoms with Crippen molar-refractivity contribution in [2.75, 3.05) is 19.7 Å². The second-order valence-corrected chi connectivity index (χ2v) is 6.74. The molecule has 3 fully saturated rings. The van der Waals surface area contributed by atoms with E-state index in [4.69, 9.17) is 4.74 Å². The molecule has 1 aromatic heterocycles. The highest BCUT2D eigenvalue weighted by Crippen LogP contribution is 2.33. The van der Waals surface area contributed by atoms with Gasteiger partial charge in [-0.25, -0.2) is 0 Å². The second kappa shape index (κ2) is 5.66. The van der Waals surface area contributed by atoms with Gasteiger partial charge in [-0.3, -0.25) is 14.4 Å². The van der Waals surface area contributed by atoms with E-state index in [-0.39, 0.29) is 12.0 Å². The van der Waals surface area contributed by atoms with Crippen molar-refractivity contribution in [1.82, 2.24) is 19.6 Å². The van der Waals surface area contributed by atoms with Crippen molar-refractivity contribution in [2.24, 2.45) is 7.05 Å². The van der Waals surface area contributed by atoms with Crippen LogP contribution in [0.1, 0.15) is 31.2 Å². The molecule has 3 saturated heterocycles. The first-order valence-electron chi connectivity index (χ1n) is 8.36. The van der Waals surface area contributed by atoms with E-state index >= 15 is 0 Å². The molecule has 4 heterocycles. The minimum atomic E-state index is -0.175. The predicted octanol–water partition coefficient (Wildman–Crippen LogP) is 0.774. The molecule has 3 aliphatic heterocycles. The van der Waals surface area contributed by atoms with Crippen LogP contribution in [0.3, 0.4) is 0 Å². The van der Waals surface area contributed by atoms with E-state index in [1.165, 1.54) is 5.56 Å². The van der Waals surface area contributed by atoms with E-state index in [2.05, 4.69) is 21.1 Å². The average molecular weight is 304 g/mol. The monoisotopic (exact) mass is 304 g/mol. The first-order valence-corrected chi connectivity index (χ1v) is 8.36. The number of rotatable bonds is 3. The predicted molar refractivity (Wildman–Crippen MR) is 81.1 cm³/mol. The molecule has 6 heteroatoms. The Hall–Kier alpha value is -1.40. The lowest BCUT2D eigenvalue weighted by molar-refractivity contribution is -0.141. The van der Waals surface area contributed by atoms with Crippen molar-refractivity contribution in [3.05, 3.63) is 18.0 Å². The summed E-state index contributed by atoms with van der Waals surface area (Å²) in [5.41, 5.74) is 1.26. The summed E-state index contributed by atoms with van der Waals surface area (Å²) in [6, 6.07) is 0.888. The van der Waals surface area contributed by atoms with Gasteiger partial charge in [0.15, 0.2) is 0 Å². The third-order valence-corrected chi connectivity index (χ3v) is 5.32. The number of hydrogen-bond donors (Lipinski definition) is 0. The van der Waals surface area contributed by atoms with Gasteiger partial charge in [0, 0.05) is 57.1 Å². The number of likely N-dealkylation sites (tertiary alicyclic amines) is 2. The highest BCUT2D eigenvalue weighted by Gasteiger charge is 2.45. The summed E-state index contributed by atoms with van der Waals surface area (Å²) in [5, 5.41) is 4.25. The maximum absolute atomic E-state index is 12.6. The van der Waals surface area contributed by atoms with E-state index in [0.29, 0.717) is 12.1 Å². The topological polar surface area (TPSA) is 50.6 Å². The molecule has 0 unspecified atom stereocenters. The molecule has 0 radical (unpaired) electrons. The molecule has 0 N–H and O–H groups in total. The second-order valence-electron chi connectivity index (χ2n) is 6.74. The van der Waals surface area contributed by atoms with E-state index < -0.39 is 0 Å². The number of ether oxygens (including phenoxy) is 1. The summed E-state index contributed by atoms with van der Waals surface area (Å²) in [6.07, 6.45) is 7.94. The standard InChI is InChI=1S/C16H24N4O2/c1-18-10-12(9-17-18)11-19-6-4-14-13(19)5-7-20(14)16(21)15-3-2-8-22-15/h9-10,13-15H,2-8,11H2,1H3/t13-,14+,15+/m0/s1. The summed E-state index contributed by atoms with van der Waals surface area (Å²) in [6.45, 7) is 3.64. The van der Waals surface area contributed by atoms with Crippen molar-refractivity contribution in [3.8, 4) is 0 Å². The first kappa shape index (κ1) is 14.2. The van der Waals surface area contributed by atoms with Gasteiger partial charge in [-0.15, -0.1) is 0 Å². The Morgan fingerprint density at radius 1 is 1.32 bits per heavy atom. The number of nitrogens with zero attached hydrogens (tertiary/aromatic N) is 4. The lowest BCUT2D eigenvalue weighted by Gasteiger charge is -2.27. The fraction of sp³-hybridized carbons (Fsp3) is 0.750. The van der Waals surface area contributed by atoms with E-state index in [1.807, 2.05) is 17.9 Å². The third kappa shape index (κ3) is 2.44. The number of aromatic nitrogens is 2. The lowest BCUT2D eigenvalue weighted by atomic mass is 10.1. The van der Waals surface area contributed by atoms with Crippen molar-refractivity contribution in [3.63, 3.8) is 0 Å². The summed E-state index contributed by atoms with van der Waals surface area (Å²) in [5.74, 6) is 0.230. The van der Waals surface area contributed by atoms with Crippen LogP contribution in [-0.2, 0) is 23.1 Å². The Balaban J connectivity index is 1.41. The van der Waals surface area contributed by atoms with Crippen LogP contribution in [0.2, 0.25) is 0 Å². The number of aryl methyl sites for hydroxylation is 1. The van der Waals surface area contributed by atoms with Gasteiger partial charge in [0.2, 0.25) is 0 Å². The Labute approximate surface area is 131 Å². The largest absolute Gasteiger partial charge is 0.368 e. The highest BCUT2D eigenvalue weighted by molar-refractivity contribution is 5.82. The van der Waals surface area contributed by atoms with Gasteiger partial charge in [0.1, 0.15) is 6.10 Å². The normalized spacial score (nSPS) is 31.9. The zero-order valence-electron chi connectivity index (χ0n) is 13.1. The maximum Gasteiger partial charge on any atom is 0.252 e. The smallest absolute Gasteiger partial charge is 0.252 e. The van der Waals surface area contributed by atoms with Crippen LogP contribution < -0.4 is 0 Å². The number of fused-ring (bicyclic) bond motifs is 1. The molecule has 3 atom stereocenters. The quantitative estimate of drug-likeness (QED) is 0.828. The van der Waals surface area contributed by atoms with Crippen LogP contribution in [0.15, 0.2) is 12.4 Å². The molecule has 120 valence electrons. The van der Waals surface area contributed by atoms with E-state index in [0.717, 1.165) is 51.9 Å². The number of carbonyl (C=O) groups excluding carboxylic acids is 1. The molecule has 0 bridgehead atoms. The van der Waals surface area contributed by atoms with Crippen molar-refractivity contribution < 1.29 is 9.53 Å². The number of amides is 1. The van der Waals surface area contributed by atoms with Crippen molar-refractivity contribution >= 4 is 5.91 Å². The van der Waals surface area contributed by atoms with Crippen LogP contribution in [0.25, 0.3) is 0 Å². The molecule has 0 aromatic carbocycles. The number of carbonyl (C=O) groups is 1. The molecule has 0 aliphatic carbocycles. The average Bonchev–Trinajstić information content (AvgIpc) is 3.24. The Kier molecular flexibility index (Phi) is 3.66. The first-order chi connectivity index (χ1) is 10.7. The van der Waals surface area contributed by atoms with Crippen molar-refractivity contribution in [1.29, 1.82) is 0 Å². The van der Waals surface area contributed by atoms with Gasteiger partial charge in [-0.05, 0) is 25.7 Å². The molecule has 0 saturated carbocycles. The minimum absolute atomic E-state index is 0.175. The van der Waals surface area contributed by atoms with Crippen LogP contribution in [0, 0.1) is 0 Å². The minimum Gasteiger partial charge on any atom is -0.368 e. The third-order valence-electron chi connectivity index (χ3n) is 5.32. The summed E-state index contributed by atoms with van der Waals surface area (Å²) >= 11 is 0. The van der Waals surface area contributed by atoms with Gasteiger partial charge >= 0.3 is 0 Å². The van der Waals surface area contributed by atoms with Gasteiger partial charge in [-0.1, -0.05) is 0 Å². The van der Waals surface area contributed by atoms with Gasteiger partial charge in [0.25, 0.3) is 5.91 Å². The molecule has 1 amide bonds. The SMILES string of the molecule is Cn1cc(CN2CC[C@@H]3[C@@H]2CCN3C(=O)[C@H]2CCCO2)cn1. The highest BCUT2D eigenvalue weighted by atomic mass is 16.5. The zero-order valence-corrected chi connectivity index (χ0v) is 13.1. The molecular weight excluding hydrogens is 280 g/mol. The molecular formula is C16H24N4O2. The Morgan fingerprint density at radius 3 is 2.91 bits per heavy atom. The number of hydrogen-bond acceptors (Lipinski definition) is 4. The maximum atomic E-state index is 12.6. The fourth-order valence-electron chi connectivity index (χ4n) is 4.29. The van der Waals surface area contributed by atoms with Gasteiger partial charge in [0.05, 0.1) is 6.20 Å². The van der Waals surface area contributed by atoms with Crippen LogP contribution in [-0.4, -0.2) is 63.4 Å². The molecule has 3 aliphatic rings. The molecule has 0 spiro atoms.